The molecule has 2 aromatic carbocycles. The summed E-state index contributed by atoms with van der Waals surface area (Å²) in [7, 11) is 3.20. The maximum atomic E-state index is 12.8. The van der Waals surface area contributed by atoms with Crippen molar-refractivity contribution in [2.75, 3.05) is 27.3 Å². The fraction of sp³-hybridized carbons (Fsp3) is 0.391. The lowest BCUT2D eigenvalue weighted by Crippen LogP contribution is -2.28. The van der Waals surface area contributed by atoms with Gasteiger partial charge >= 0.3 is 5.97 Å². The molecule has 1 fully saturated rings. The highest BCUT2D eigenvalue weighted by molar-refractivity contribution is 5.96. The van der Waals surface area contributed by atoms with Crippen molar-refractivity contribution in [2.45, 2.75) is 31.8 Å². The van der Waals surface area contributed by atoms with Gasteiger partial charge in [-0.05, 0) is 61.1 Å². The van der Waals surface area contributed by atoms with Gasteiger partial charge in [-0.25, -0.2) is 4.79 Å². The van der Waals surface area contributed by atoms with Gasteiger partial charge in [-0.2, -0.15) is 0 Å². The number of hydrogen-bond donors (Lipinski definition) is 0. The number of methoxy groups -OCH3 is 1. The van der Waals surface area contributed by atoms with Gasteiger partial charge in [0.25, 0.3) is 5.91 Å². The third-order valence-corrected chi connectivity index (χ3v) is 5.12. The highest BCUT2D eigenvalue weighted by atomic mass is 16.5. The number of nitrogens with zero attached hydrogens (tertiary/aromatic N) is 1. The third-order valence-electron chi connectivity index (χ3n) is 5.12. The molecule has 3 rings (SSSR count). The van der Waals surface area contributed by atoms with Crippen molar-refractivity contribution in [3.05, 3.63) is 59.7 Å². The van der Waals surface area contributed by atoms with Crippen LogP contribution >= 0.6 is 0 Å². The first kappa shape index (κ1) is 20.1. The van der Waals surface area contributed by atoms with E-state index in [9.17, 15) is 9.59 Å². The van der Waals surface area contributed by atoms with Crippen molar-refractivity contribution in [2.24, 2.45) is 0 Å². The molecule has 1 amide bonds. The standard InChI is InChI=1S/C23H27NO4/c1-24(13-5-11-21-12-6-14-28-21)22(25)19-9-3-7-17(15-19)18-8-4-10-20(16-18)23(26)27-2/h3-4,7-10,15-16,21H,5-6,11-14H2,1-2H3. The van der Waals surface area contributed by atoms with E-state index in [1.807, 2.05) is 43.4 Å². The summed E-state index contributed by atoms with van der Waals surface area (Å²) in [4.78, 5) is 26.3. The molecule has 2 aromatic rings. The van der Waals surface area contributed by atoms with Crippen LogP contribution in [0.1, 0.15) is 46.4 Å². The normalized spacial score (nSPS) is 16.0. The smallest absolute Gasteiger partial charge is 0.337 e. The van der Waals surface area contributed by atoms with Gasteiger partial charge in [0.2, 0.25) is 0 Å². The average molecular weight is 381 g/mol. The van der Waals surface area contributed by atoms with Crippen LogP contribution in [0.2, 0.25) is 0 Å². The minimum Gasteiger partial charge on any atom is -0.465 e. The average Bonchev–Trinajstić information content (AvgIpc) is 3.26. The van der Waals surface area contributed by atoms with E-state index in [0.717, 1.165) is 43.4 Å². The number of ether oxygens (including phenoxy) is 2. The SMILES string of the molecule is COC(=O)c1cccc(-c2cccc(C(=O)N(C)CCCC3CCCO3)c2)c1. The Bertz CT molecular complexity index is 827. The fourth-order valence-electron chi connectivity index (χ4n) is 3.53. The molecule has 0 bridgehead atoms. The van der Waals surface area contributed by atoms with Gasteiger partial charge in [0.1, 0.15) is 0 Å². The Hall–Kier alpha value is -2.66. The number of esters is 1. The second kappa shape index (κ2) is 9.51. The molecule has 0 saturated carbocycles. The van der Waals surface area contributed by atoms with Crippen LogP contribution in [0.15, 0.2) is 48.5 Å². The molecule has 1 aliphatic rings. The summed E-state index contributed by atoms with van der Waals surface area (Å²) in [6.45, 7) is 1.57. The van der Waals surface area contributed by atoms with Crippen molar-refractivity contribution in [1.29, 1.82) is 0 Å². The van der Waals surface area contributed by atoms with Gasteiger partial charge in [0.05, 0.1) is 18.8 Å². The Kier molecular flexibility index (Phi) is 6.82. The predicted octanol–water partition coefficient (Wildman–Crippen LogP) is 4.17. The summed E-state index contributed by atoms with van der Waals surface area (Å²) in [5.74, 6) is -0.377. The molecule has 1 heterocycles. The molecule has 1 unspecified atom stereocenters. The van der Waals surface area contributed by atoms with Gasteiger partial charge in [0.15, 0.2) is 0 Å². The van der Waals surface area contributed by atoms with E-state index in [-0.39, 0.29) is 11.9 Å². The maximum Gasteiger partial charge on any atom is 0.337 e. The van der Waals surface area contributed by atoms with E-state index in [0.29, 0.717) is 23.8 Å². The molecule has 0 N–H and O–H groups in total. The zero-order chi connectivity index (χ0) is 19.9. The largest absolute Gasteiger partial charge is 0.465 e. The van der Waals surface area contributed by atoms with Crippen LogP contribution < -0.4 is 0 Å². The van der Waals surface area contributed by atoms with Crippen LogP contribution in [0, 0.1) is 0 Å². The van der Waals surface area contributed by atoms with E-state index in [4.69, 9.17) is 9.47 Å². The molecule has 28 heavy (non-hydrogen) atoms. The Morgan fingerprint density at radius 1 is 1.11 bits per heavy atom. The Balaban J connectivity index is 1.66. The number of carbonyl (C=O) groups excluding carboxylic acids is 2. The Labute approximate surface area is 166 Å². The monoisotopic (exact) mass is 381 g/mol. The molecular formula is C23H27NO4. The fourth-order valence-corrected chi connectivity index (χ4v) is 3.53. The molecule has 0 radical (unpaired) electrons. The van der Waals surface area contributed by atoms with Crippen molar-refractivity contribution < 1.29 is 19.1 Å². The highest BCUT2D eigenvalue weighted by Crippen LogP contribution is 2.23. The number of benzene rings is 2. The van der Waals surface area contributed by atoms with Crippen LogP contribution in [-0.2, 0) is 9.47 Å². The van der Waals surface area contributed by atoms with E-state index in [2.05, 4.69) is 0 Å². The molecule has 1 atom stereocenters. The summed E-state index contributed by atoms with van der Waals surface area (Å²) in [5.41, 5.74) is 2.89. The third kappa shape index (κ3) is 4.98. The van der Waals surface area contributed by atoms with Gasteiger partial charge < -0.3 is 14.4 Å². The van der Waals surface area contributed by atoms with Crippen LogP contribution in [-0.4, -0.2) is 50.2 Å². The second-order valence-corrected chi connectivity index (χ2v) is 7.16. The van der Waals surface area contributed by atoms with Crippen molar-refractivity contribution >= 4 is 11.9 Å². The summed E-state index contributed by atoms with van der Waals surface area (Å²) in [5, 5.41) is 0. The molecule has 0 spiro atoms. The summed E-state index contributed by atoms with van der Waals surface area (Å²) < 4.78 is 10.4. The summed E-state index contributed by atoms with van der Waals surface area (Å²) in [6, 6.07) is 14.7. The molecule has 148 valence electrons. The first-order valence-electron chi connectivity index (χ1n) is 9.74. The molecule has 0 aromatic heterocycles. The van der Waals surface area contributed by atoms with Gasteiger partial charge in [-0.3, -0.25) is 4.79 Å². The molecule has 5 nitrogen and oxygen atoms in total. The Morgan fingerprint density at radius 3 is 2.43 bits per heavy atom. The van der Waals surface area contributed by atoms with E-state index in [1.165, 1.54) is 7.11 Å². The van der Waals surface area contributed by atoms with Crippen LogP contribution in [0.3, 0.4) is 0 Å². The molecule has 5 heteroatoms. The van der Waals surface area contributed by atoms with Crippen LogP contribution in [0.25, 0.3) is 11.1 Å². The topological polar surface area (TPSA) is 55.8 Å². The minimum atomic E-state index is -0.375. The van der Waals surface area contributed by atoms with E-state index >= 15 is 0 Å². The molecule has 1 aliphatic heterocycles. The van der Waals surface area contributed by atoms with Crippen LogP contribution in [0.4, 0.5) is 0 Å². The molecule has 1 saturated heterocycles. The van der Waals surface area contributed by atoms with E-state index < -0.39 is 0 Å². The summed E-state index contributed by atoms with van der Waals surface area (Å²) in [6.07, 6.45) is 4.56. The van der Waals surface area contributed by atoms with Crippen molar-refractivity contribution in [3.63, 3.8) is 0 Å². The first-order chi connectivity index (χ1) is 13.6. The predicted molar refractivity (Wildman–Crippen MR) is 108 cm³/mol. The molecule has 0 aliphatic carbocycles. The van der Waals surface area contributed by atoms with Crippen molar-refractivity contribution in [1.82, 2.24) is 4.90 Å². The first-order valence-corrected chi connectivity index (χ1v) is 9.74. The minimum absolute atomic E-state index is 0.00156. The summed E-state index contributed by atoms with van der Waals surface area (Å²) >= 11 is 0. The lowest BCUT2D eigenvalue weighted by molar-refractivity contribution is 0.0600. The zero-order valence-corrected chi connectivity index (χ0v) is 16.5. The van der Waals surface area contributed by atoms with Gasteiger partial charge in [-0.1, -0.05) is 24.3 Å². The number of carbonyl (C=O) groups is 2. The second-order valence-electron chi connectivity index (χ2n) is 7.16. The lowest BCUT2D eigenvalue weighted by Gasteiger charge is -2.19. The number of amides is 1. The zero-order valence-electron chi connectivity index (χ0n) is 16.5. The van der Waals surface area contributed by atoms with Gasteiger partial charge in [0, 0.05) is 25.8 Å². The number of rotatable bonds is 7. The van der Waals surface area contributed by atoms with E-state index in [1.54, 1.807) is 17.0 Å². The number of hydrogen-bond acceptors (Lipinski definition) is 4. The maximum absolute atomic E-state index is 12.8. The Morgan fingerprint density at radius 2 is 1.79 bits per heavy atom. The van der Waals surface area contributed by atoms with Gasteiger partial charge in [-0.15, -0.1) is 0 Å². The highest BCUT2D eigenvalue weighted by Gasteiger charge is 2.17. The molecular weight excluding hydrogens is 354 g/mol. The quantitative estimate of drug-likeness (QED) is 0.676. The van der Waals surface area contributed by atoms with Crippen LogP contribution in [0.5, 0.6) is 0 Å². The lowest BCUT2D eigenvalue weighted by atomic mass is 10.0. The van der Waals surface area contributed by atoms with Crippen molar-refractivity contribution in [3.8, 4) is 11.1 Å².